The summed E-state index contributed by atoms with van der Waals surface area (Å²) in [7, 11) is 0. The highest BCUT2D eigenvalue weighted by Crippen LogP contribution is 2.36. The van der Waals surface area contributed by atoms with Gasteiger partial charge in [0, 0.05) is 11.6 Å². The summed E-state index contributed by atoms with van der Waals surface area (Å²) in [5.74, 6) is -0.277. The molecule has 0 radical (unpaired) electrons. The van der Waals surface area contributed by atoms with Crippen molar-refractivity contribution in [3.05, 3.63) is 70.2 Å². The van der Waals surface area contributed by atoms with Crippen LogP contribution >= 0.6 is 11.6 Å². The molecule has 0 aromatic heterocycles. The highest BCUT2D eigenvalue weighted by Gasteiger charge is 2.36. The van der Waals surface area contributed by atoms with E-state index in [1.807, 2.05) is 24.3 Å². The fraction of sp³-hybridized carbons (Fsp3) is 0.381. The molecule has 4 heteroatoms. The van der Waals surface area contributed by atoms with Gasteiger partial charge in [-0.2, -0.15) is 0 Å². The van der Waals surface area contributed by atoms with Crippen LogP contribution in [0.15, 0.2) is 48.5 Å². The third kappa shape index (κ3) is 3.88. The lowest BCUT2D eigenvalue weighted by atomic mass is 9.93. The van der Waals surface area contributed by atoms with Gasteiger partial charge in [0.15, 0.2) is 0 Å². The molecule has 1 N–H and O–H groups in total. The first-order chi connectivity index (χ1) is 12.0. The Morgan fingerprint density at radius 1 is 1.12 bits per heavy atom. The predicted octanol–water partition coefficient (Wildman–Crippen LogP) is 5.10. The molecule has 1 fully saturated rings. The van der Waals surface area contributed by atoms with Crippen LogP contribution in [0.5, 0.6) is 0 Å². The predicted molar refractivity (Wildman–Crippen MR) is 101 cm³/mol. The van der Waals surface area contributed by atoms with Gasteiger partial charge in [-0.1, -0.05) is 61.8 Å². The average molecular weight is 358 g/mol. The van der Waals surface area contributed by atoms with Crippen molar-refractivity contribution in [2.24, 2.45) is 0 Å². The first kappa shape index (κ1) is 18.0. The van der Waals surface area contributed by atoms with Crippen LogP contribution in [0, 0.1) is 0 Å². The van der Waals surface area contributed by atoms with Gasteiger partial charge < -0.3 is 5.11 Å². The molecule has 2 atom stereocenters. The highest BCUT2D eigenvalue weighted by atomic mass is 35.5. The second-order valence-corrected chi connectivity index (χ2v) is 7.45. The van der Waals surface area contributed by atoms with E-state index < -0.39 is 12.0 Å². The number of hydrogen-bond acceptors (Lipinski definition) is 2. The van der Waals surface area contributed by atoms with Gasteiger partial charge in [0.25, 0.3) is 0 Å². The minimum absolute atomic E-state index is 0.0940. The Kier molecular flexibility index (Phi) is 5.45. The summed E-state index contributed by atoms with van der Waals surface area (Å²) in [4.78, 5) is 13.8. The molecule has 0 aliphatic carbocycles. The van der Waals surface area contributed by atoms with Crippen molar-refractivity contribution >= 4 is 17.6 Å². The first-order valence-electron chi connectivity index (χ1n) is 8.81. The van der Waals surface area contributed by atoms with Gasteiger partial charge in [0.05, 0.1) is 6.04 Å². The van der Waals surface area contributed by atoms with E-state index in [0.717, 1.165) is 24.1 Å². The monoisotopic (exact) mass is 357 g/mol. The highest BCUT2D eigenvalue weighted by molar-refractivity contribution is 6.30. The largest absolute Gasteiger partial charge is 0.480 e. The van der Waals surface area contributed by atoms with Crippen molar-refractivity contribution in [2.75, 3.05) is 6.54 Å². The Morgan fingerprint density at radius 2 is 1.80 bits per heavy atom. The normalized spacial score (nSPS) is 19.3. The molecular formula is C21H24ClNO2. The number of carboxylic acid groups (broad SMARTS) is 1. The lowest BCUT2D eigenvalue weighted by Crippen LogP contribution is -2.39. The molecule has 0 saturated carbocycles. The van der Waals surface area contributed by atoms with Gasteiger partial charge in [-0.25, -0.2) is 0 Å². The molecule has 3 rings (SSSR count). The van der Waals surface area contributed by atoms with Crippen molar-refractivity contribution in [1.82, 2.24) is 4.90 Å². The van der Waals surface area contributed by atoms with Gasteiger partial charge in [-0.05, 0) is 47.6 Å². The van der Waals surface area contributed by atoms with Gasteiger partial charge >= 0.3 is 5.97 Å². The van der Waals surface area contributed by atoms with Crippen LogP contribution in [0.25, 0.3) is 0 Å². The Balaban J connectivity index is 2.04. The van der Waals surface area contributed by atoms with Crippen molar-refractivity contribution in [3.8, 4) is 0 Å². The number of hydrogen-bond donors (Lipinski definition) is 1. The Bertz CT molecular complexity index is 742. The Hall–Kier alpha value is -1.84. The standard InChI is InChI=1S/C21H24ClNO2/c1-14(2)15-8-10-16(11-9-15)20(17-5-3-6-18(22)13-17)23-12-4-7-19(23)21(24)25/h3,5-6,8-11,13-14,19-20H,4,7,12H2,1-2H3,(H,24,25). The Labute approximate surface area is 154 Å². The maximum Gasteiger partial charge on any atom is 0.320 e. The molecule has 2 aromatic carbocycles. The zero-order valence-corrected chi connectivity index (χ0v) is 15.4. The van der Waals surface area contributed by atoms with Crippen molar-refractivity contribution in [2.45, 2.75) is 44.7 Å². The molecule has 132 valence electrons. The molecule has 0 amide bonds. The summed E-state index contributed by atoms with van der Waals surface area (Å²) in [5, 5.41) is 10.3. The van der Waals surface area contributed by atoms with Crippen LogP contribution in [-0.2, 0) is 4.79 Å². The third-order valence-corrected chi connectivity index (χ3v) is 5.23. The van der Waals surface area contributed by atoms with E-state index in [-0.39, 0.29) is 6.04 Å². The number of rotatable bonds is 5. The lowest BCUT2D eigenvalue weighted by molar-refractivity contribution is -0.142. The van der Waals surface area contributed by atoms with Crippen LogP contribution in [0.1, 0.15) is 55.3 Å². The zero-order valence-electron chi connectivity index (χ0n) is 14.7. The molecule has 1 saturated heterocycles. The van der Waals surface area contributed by atoms with E-state index in [4.69, 9.17) is 11.6 Å². The lowest BCUT2D eigenvalue weighted by Gasteiger charge is -2.32. The van der Waals surface area contributed by atoms with E-state index in [1.165, 1.54) is 5.56 Å². The van der Waals surface area contributed by atoms with Crippen LogP contribution in [0.3, 0.4) is 0 Å². The first-order valence-corrected chi connectivity index (χ1v) is 9.19. The van der Waals surface area contributed by atoms with Crippen LogP contribution in [0.2, 0.25) is 5.02 Å². The van der Waals surface area contributed by atoms with Gasteiger partial charge in [0.1, 0.15) is 6.04 Å². The van der Waals surface area contributed by atoms with E-state index in [2.05, 4.69) is 43.0 Å². The van der Waals surface area contributed by atoms with Crippen LogP contribution in [-0.4, -0.2) is 28.6 Å². The molecule has 25 heavy (non-hydrogen) atoms. The smallest absolute Gasteiger partial charge is 0.320 e. The number of nitrogens with zero attached hydrogens (tertiary/aromatic N) is 1. The molecule has 1 aliphatic heterocycles. The molecule has 0 bridgehead atoms. The number of halogens is 1. The van der Waals surface area contributed by atoms with E-state index in [1.54, 1.807) is 0 Å². The van der Waals surface area contributed by atoms with Crippen molar-refractivity contribution in [1.29, 1.82) is 0 Å². The number of aliphatic carboxylic acids is 1. The summed E-state index contributed by atoms with van der Waals surface area (Å²) in [6.45, 7) is 5.12. The van der Waals surface area contributed by atoms with Crippen LogP contribution < -0.4 is 0 Å². The van der Waals surface area contributed by atoms with Gasteiger partial charge in [-0.3, -0.25) is 9.69 Å². The summed E-state index contributed by atoms with van der Waals surface area (Å²) in [5.41, 5.74) is 3.43. The fourth-order valence-corrected chi connectivity index (χ4v) is 3.88. The number of likely N-dealkylation sites (tertiary alicyclic amines) is 1. The second-order valence-electron chi connectivity index (χ2n) is 7.01. The van der Waals surface area contributed by atoms with E-state index >= 15 is 0 Å². The summed E-state index contributed by atoms with van der Waals surface area (Å²) >= 11 is 6.21. The molecule has 0 spiro atoms. The molecule has 2 aromatic rings. The number of carbonyl (C=O) groups is 1. The maximum atomic E-state index is 11.7. The quantitative estimate of drug-likeness (QED) is 0.809. The van der Waals surface area contributed by atoms with Crippen LogP contribution in [0.4, 0.5) is 0 Å². The Morgan fingerprint density at radius 3 is 2.40 bits per heavy atom. The molecule has 1 heterocycles. The molecule has 3 nitrogen and oxygen atoms in total. The number of carboxylic acids is 1. The van der Waals surface area contributed by atoms with Crippen molar-refractivity contribution in [3.63, 3.8) is 0 Å². The average Bonchev–Trinajstić information content (AvgIpc) is 3.05. The van der Waals surface area contributed by atoms with E-state index in [0.29, 0.717) is 17.4 Å². The van der Waals surface area contributed by atoms with E-state index in [9.17, 15) is 9.90 Å². The van der Waals surface area contributed by atoms with Gasteiger partial charge in [-0.15, -0.1) is 0 Å². The second kappa shape index (κ2) is 7.59. The minimum atomic E-state index is -0.747. The number of benzene rings is 2. The minimum Gasteiger partial charge on any atom is -0.480 e. The third-order valence-electron chi connectivity index (χ3n) is 4.99. The topological polar surface area (TPSA) is 40.5 Å². The fourth-order valence-electron chi connectivity index (χ4n) is 3.68. The molecular weight excluding hydrogens is 334 g/mol. The maximum absolute atomic E-state index is 11.7. The van der Waals surface area contributed by atoms with Crippen molar-refractivity contribution < 1.29 is 9.90 Å². The SMILES string of the molecule is CC(C)c1ccc(C(c2cccc(Cl)c2)N2CCCC2C(=O)O)cc1. The summed E-state index contributed by atoms with van der Waals surface area (Å²) in [6, 6.07) is 15.7. The zero-order chi connectivity index (χ0) is 18.0. The summed E-state index contributed by atoms with van der Waals surface area (Å²) in [6.07, 6.45) is 1.59. The summed E-state index contributed by atoms with van der Waals surface area (Å²) < 4.78 is 0. The molecule has 2 unspecified atom stereocenters. The van der Waals surface area contributed by atoms with Gasteiger partial charge in [0.2, 0.25) is 0 Å². The molecule has 1 aliphatic rings.